The van der Waals surface area contributed by atoms with Gasteiger partial charge in [-0.3, -0.25) is 0 Å². The summed E-state index contributed by atoms with van der Waals surface area (Å²) in [6.45, 7) is 13.7. The Kier molecular flexibility index (Phi) is 15.1. The topological polar surface area (TPSA) is 130 Å². The molecule has 0 aromatic heterocycles. The monoisotopic (exact) mass is 478 g/mol. The molecule has 14 heteroatoms. The zero-order valence-electron chi connectivity index (χ0n) is 19.3. The molecule has 0 bridgehead atoms. The quantitative estimate of drug-likeness (QED) is 0.120. The number of hydrogen-bond donors (Lipinski definition) is 0. The zero-order chi connectivity index (χ0) is 23.9. The van der Waals surface area contributed by atoms with Crippen molar-refractivity contribution in [3.63, 3.8) is 0 Å². The van der Waals surface area contributed by atoms with Crippen LogP contribution in [0.1, 0.15) is 41.5 Å². The fourth-order valence-electron chi connectivity index (χ4n) is 2.75. The van der Waals surface area contributed by atoms with E-state index < -0.39 is 20.4 Å². The molecule has 0 heterocycles. The highest BCUT2D eigenvalue weighted by molar-refractivity contribution is 7.84. The van der Waals surface area contributed by atoms with Crippen LogP contribution in [-0.4, -0.2) is 90.9 Å². The highest BCUT2D eigenvalue weighted by Crippen LogP contribution is 2.16. The van der Waals surface area contributed by atoms with Crippen LogP contribution in [0.3, 0.4) is 0 Å². The van der Waals surface area contributed by atoms with Crippen LogP contribution in [0.2, 0.25) is 0 Å². The van der Waals surface area contributed by atoms with Crippen LogP contribution in [0, 0.1) is 0 Å². The van der Waals surface area contributed by atoms with Crippen molar-refractivity contribution < 1.29 is 44.2 Å². The second kappa shape index (κ2) is 14.6. The lowest BCUT2D eigenvalue weighted by Crippen LogP contribution is -2.51. The third kappa shape index (κ3) is 8.07. The van der Waals surface area contributed by atoms with Crippen molar-refractivity contribution in [2.45, 2.75) is 41.5 Å². The van der Waals surface area contributed by atoms with Gasteiger partial charge in [-0.2, -0.15) is 17.6 Å². The largest absolute Gasteiger partial charge is 0.417 e. The minimum Gasteiger partial charge on any atom is -0.324 e. The maximum Gasteiger partial charge on any atom is 0.417 e. The van der Waals surface area contributed by atoms with Crippen LogP contribution < -0.4 is 0 Å². The van der Waals surface area contributed by atoms with E-state index in [4.69, 9.17) is 0 Å². The van der Waals surface area contributed by atoms with Gasteiger partial charge in [0.15, 0.2) is 0 Å². The van der Waals surface area contributed by atoms with Crippen molar-refractivity contribution in [1.82, 2.24) is 0 Å². The Labute approximate surface area is 181 Å². The van der Waals surface area contributed by atoms with Gasteiger partial charge in [-0.25, -0.2) is 0 Å². The van der Waals surface area contributed by atoms with E-state index in [9.17, 15) is 16.8 Å². The SMILES string of the molecule is CC[N+](CC)(CC)S(=O)(=O)N=COOC.CC[N+](CC)(CC)S(=O)(=O)N=COOC. The van der Waals surface area contributed by atoms with Crippen LogP contribution >= 0.6 is 0 Å². The molecular formula is C16H38N4O8S2+2. The lowest BCUT2D eigenvalue weighted by Gasteiger charge is -2.30. The minimum atomic E-state index is -3.60. The first-order chi connectivity index (χ1) is 14.0. The zero-order valence-corrected chi connectivity index (χ0v) is 20.9. The van der Waals surface area contributed by atoms with Gasteiger partial charge in [-0.1, -0.05) is 8.80 Å². The highest BCUT2D eigenvalue weighted by Gasteiger charge is 2.37. The van der Waals surface area contributed by atoms with Crippen molar-refractivity contribution in [2.24, 2.45) is 8.80 Å². The molecule has 0 rings (SSSR count). The molecule has 0 amide bonds. The van der Waals surface area contributed by atoms with E-state index in [-0.39, 0.29) is 7.78 Å². The lowest BCUT2D eigenvalue weighted by atomic mass is 10.5. The summed E-state index contributed by atoms with van der Waals surface area (Å²) in [5, 5.41) is 0. The summed E-state index contributed by atoms with van der Waals surface area (Å²) >= 11 is 0. The first-order valence-electron chi connectivity index (χ1n) is 9.67. The molecule has 0 aromatic carbocycles. The number of rotatable bonds is 14. The minimum absolute atomic E-state index is 0.0867. The molecule has 0 spiro atoms. The van der Waals surface area contributed by atoms with E-state index in [1.807, 2.05) is 41.5 Å². The second-order valence-electron chi connectivity index (χ2n) is 5.86. The van der Waals surface area contributed by atoms with Crippen LogP contribution in [0.4, 0.5) is 0 Å². The van der Waals surface area contributed by atoms with Gasteiger partial charge in [0.1, 0.15) is 0 Å². The summed E-state index contributed by atoms with van der Waals surface area (Å²) in [5.41, 5.74) is 0. The van der Waals surface area contributed by atoms with Gasteiger partial charge in [0.2, 0.25) is 12.8 Å². The molecule has 180 valence electrons. The van der Waals surface area contributed by atoms with Gasteiger partial charge in [-0.05, 0) is 41.5 Å². The fraction of sp³-hybridized carbons (Fsp3) is 0.875. The van der Waals surface area contributed by atoms with Crippen LogP contribution in [-0.2, 0) is 40.0 Å². The molecule has 12 nitrogen and oxygen atoms in total. The summed E-state index contributed by atoms with van der Waals surface area (Å²) < 4.78 is 54.1. The predicted molar refractivity (Wildman–Crippen MR) is 115 cm³/mol. The first-order valence-corrected chi connectivity index (χ1v) is 12.5. The number of nitrogens with zero attached hydrogens (tertiary/aromatic N) is 4. The Morgan fingerprint density at radius 1 is 0.600 bits per heavy atom. The molecule has 0 aliphatic carbocycles. The van der Waals surface area contributed by atoms with Gasteiger partial charge in [-0.15, -0.1) is 16.8 Å². The van der Waals surface area contributed by atoms with Crippen molar-refractivity contribution in [1.29, 1.82) is 0 Å². The predicted octanol–water partition coefficient (Wildman–Crippen LogP) is 1.43. The maximum atomic E-state index is 11.9. The Bertz CT molecular complexity index is 637. The third-order valence-corrected chi connectivity index (χ3v) is 9.28. The lowest BCUT2D eigenvalue weighted by molar-refractivity contribution is -0.800. The second-order valence-corrected chi connectivity index (χ2v) is 9.62. The Morgan fingerprint density at radius 2 is 0.833 bits per heavy atom. The average molecular weight is 479 g/mol. The van der Waals surface area contributed by atoms with Gasteiger partial charge in [0.05, 0.1) is 53.5 Å². The van der Waals surface area contributed by atoms with E-state index in [2.05, 4.69) is 28.3 Å². The Hall–Kier alpha value is -1.32. The molecule has 0 atom stereocenters. The van der Waals surface area contributed by atoms with Crippen molar-refractivity contribution in [3.05, 3.63) is 0 Å². The molecule has 0 aliphatic rings. The van der Waals surface area contributed by atoms with Crippen molar-refractivity contribution >= 4 is 33.2 Å². The third-order valence-electron chi connectivity index (χ3n) is 5.07. The number of quaternary nitrogens is 2. The molecule has 0 unspecified atom stereocenters. The molecule has 30 heavy (non-hydrogen) atoms. The Balaban J connectivity index is 0. The van der Waals surface area contributed by atoms with Crippen molar-refractivity contribution in [2.75, 3.05) is 53.5 Å². The molecule has 0 saturated carbocycles. The fourth-order valence-corrected chi connectivity index (χ4v) is 5.40. The van der Waals surface area contributed by atoms with Crippen LogP contribution in [0.15, 0.2) is 8.80 Å². The Morgan fingerprint density at radius 3 is 1.00 bits per heavy atom. The standard InChI is InChI=1S/2C8H19N2O4S/c2*1-5-10(6-2,7-3)15(11,12)9-8-14-13-4/h2*8H,5-7H2,1-4H3/q2*+1. The van der Waals surface area contributed by atoms with Gasteiger partial charge >= 0.3 is 20.4 Å². The van der Waals surface area contributed by atoms with E-state index in [1.54, 1.807) is 0 Å². The summed E-state index contributed by atoms with van der Waals surface area (Å²) in [5.74, 6) is 0. The van der Waals surface area contributed by atoms with Gasteiger partial charge in [0.25, 0.3) is 0 Å². The summed E-state index contributed by atoms with van der Waals surface area (Å²) in [6, 6.07) is 0. The normalized spacial score (nSPS) is 13.3. The average Bonchev–Trinajstić information content (AvgIpc) is 2.72. The van der Waals surface area contributed by atoms with E-state index in [0.29, 0.717) is 39.3 Å². The molecule has 0 fully saturated rings. The first kappa shape index (κ1) is 30.9. The molecule has 0 N–H and O–H groups in total. The van der Waals surface area contributed by atoms with E-state index in [1.165, 1.54) is 14.2 Å². The van der Waals surface area contributed by atoms with E-state index >= 15 is 0 Å². The van der Waals surface area contributed by atoms with E-state index in [0.717, 1.165) is 12.8 Å². The molecule has 0 aromatic rings. The van der Waals surface area contributed by atoms with Gasteiger partial charge < -0.3 is 9.78 Å². The van der Waals surface area contributed by atoms with Crippen LogP contribution in [0.5, 0.6) is 0 Å². The number of hydrogen-bond acceptors (Lipinski definition) is 8. The summed E-state index contributed by atoms with van der Waals surface area (Å²) in [6.07, 6.45) is 1.59. The molecule has 0 aliphatic heterocycles. The smallest absolute Gasteiger partial charge is 0.324 e. The highest BCUT2D eigenvalue weighted by atomic mass is 32.2. The molecule has 0 saturated heterocycles. The summed E-state index contributed by atoms with van der Waals surface area (Å²) in [4.78, 5) is 17.1. The molecule has 0 radical (unpaired) electrons. The molecular weight excluding hydrogens is 440 g/mol. The van der Waals surface area contributed by atoms with Gasteiger partial charge in [0, 0.05) is 0 Å². The maximum absolute atomic E-state index is 11.9. The van der Waals surface area contributed by atoms with Crippen molar-refractivity contribution in [3.8, 4) is 0 Å². The van der Waals surface area contributed by atoms with Crippen LogP contribution in [0.25, 0.3) is 0 Å². The summed E-state index contributed by atoms with van der Waals surface area (Å²) in [7, 11) is -4.65.